The smallest absolute Gasteiger partial charge is 0.489 e. The van der Waals surface area contributed by atoms with Crippen molar-refractivity contribution in [3.63, 3.8) is 0 Å². The number of amides is 1. The Morgan fingerprint density at radius 1 is 0.979 bits per heavy atom. The zero-order valence-corrected chi connectivity index (χ0v) is 25.2. The van der Waals surface area contributed by atoms with Crippen LogP contribution in [0.25, 0.3) is 10.9 Å². The molecule has 12 nitrogen and oxygen atoms in total. The summed E-state index contributed by atoms with van der Waals surface area (Å²) < 4.78 is 95.5. The number of carboxylic acid groups (broad SMARTS) is 2. The average Bonchev–Trinajstić information content (AvgIpc) is 3.42. The van der Waals surface area contributed by atoms with Gasteiger partial charge >= 0.3 is 24.3 Å². The van der Waals surface area contributed by atoms with Crippen LogP contribution < -0.4 is 15.5 Å². The van der Waals surface area contributed by atoms with E-state index in [2.05, 4.69) is 10.3 Å². The fraction of sp³-hybridized carbons (Fsp3) is 0.357. The second-order valence-electron chi connectivity index (χ2n) is 10.1. The summed E-state index contributed by atoms with van der Waals surface area (Å²) in [5.74, 6) is -5.79. The number of hydroxylamine groups is 1. The van der Waals surface area contributed by atoms with Crippen molar-refractivity contribution >= 4 is 38.6 Å². The quantitative estimate of drug-likeness (QED) is 0.129. The van der Waals surface area contributed by atoms with Crippen molar-refractivity contribution in [3.8, 4) is 5.75 Å². The molecule has 47 heavy (non-hydrogen) atoms. The highest BCUT2D eigenvalue weighted by Crippen LogP contribution is 2.29. The molecular formula is C28H29F6N3O9S. The number of nitrogens with one attached hydrogen (secondary N) is 2. The summed E-state index contributed by atoms with van der Waals surface area (Å²) in [4.78, 5) is 34.2. The zero-order chi connectivity index (χ0) is 35.6. The molecular weight excluding hydrogens is 668 g/mol. The van der Waals surface area contributed by atoms with Gasteiger partial charge in [0.2, 0.25) is 5.91 Å². The first-order chi connectivity index (χ1) is 21.7. The second kappa shape index (κ2) is 15.9. The Morgan fingerprint density at radius 3 is 2.02 bits per heavy atom. The van der Waals surface area contributed by atoms with E-state index in [0.717, 1.165) is 28.6 Å². The van der Waals surface area contributed by atoms with Crippen molar-refractivity contribution in [1.29, 1.82) is 0 Å². The number of carboxylic acids is 2. The van der Waals surface area contributed by atoms with Gasteiger partial charge in [-0.2, -0.15) is 26.3 Å². The number of pyridine rings is 1. The summed E-state index contributed by atoms with van der Waals surface area (Å²) in [6.07, 6.45) is -8.96. The Hall–Kier alpha value is -4.49. The Morgan fingerprint density at radius 2 is 1.53 bits per heavy atom. The fourth-order valence-corrected chi connectivity index (χ4v) is 6.20. The van der Waals surface area contributed by atoms with Gasteiger partial charge in [-0.1, -0.05) is 18.2 Å². The number of alkyl halides is 6. The molecule has 1 atom stereocenters. The number of aromatic nitrogens is 1. The number of hydrogen-bond donors (Lipinski definition) is 5. The van der Waals surface area contributed by atoms with E-state index in [-0.39, 0.29) is 17.1 Å². The van der Waals surface area contributed by atoms with Crippen LogP contribution in [0, 0.1) is 6.92 Å². The molecule has 2 aromatic carbocycles. The molecule has 1 aliphatic heterocycles. The van der Waals surface area contributed by atoms with Gasteiger partial charge in [0, 0.05) is 28.6 Å². The number of aliphatic carboxylic acids is 2. The highest BCUT2D eigenvalue weighted by molar-refractivity contribution is 7.91. The largest absolute Gasteiger partial charge is 0.490 e. The van der Waals surface area contributed by atoms with E-state index < -0.39 is 45.6 Å². The minimum absolute atomic E-state index is 0.108. The predicted octanol–water partition coefficient (Wildman–Crippen LogP) is 4.18. The number of benzene rings is 2. The van der Waals surface area contributed by atoms with Gasteiger partial charge in [-0.15, -0.1) is 0 Å². The van der Waals surface area contributed by atoms with Gasteiger partial charge in [-0.25, -0.2) is 23.5 Å². The van der Waals surface area contributed by atoms with E-state index in [0.29, 0.717) is 25.3 Å². The minimum atomic E-state index is -5.08. The van der Waals surface area contributed by atoms with Crippen LogP contribution in [0.15, 0.2) is 59.5 Å². The topological polar surface area (TPSA) is 192 Å². The molecule has 0 bridgehead atoms. The molecule has 1 saturated heterocycles. The maximum atomic E-state index is 13.1. The first-order valence-electron chi connectivity index (χ1n) is 13.3. The monoisotopic (exact) mass is 697 g/mol. The highest BCUT2D eigenvalue weighted by atomic mass is 32.2. The number of carbonyl (C=O) groups is 3. The molecule has 19 heteroatoms. The van der Waals surface area contributed by atoms with Gasteiger partial charge in [0.15, 0.2) is 9.84 Å². The molecule has 0 saturated carbocycles. The number of nitrogens with zero attached hydrogens (tertiary/aromatic N) is 1. The maximum Gasteiger partial charge on any atom is 0.490 e. The Bertz CT molecular complexity index is 1630. The lowest BCUT2D eigenvalue weighted by Gasteiger charge is -2.28. The molecule has 3 aromatic rings. The number of halogens is 6. The van der Waals surface area contributed by atoms with Crippen LogP contribution in [0.1, 0.15) is 30.5 Å². The number of rotatable bonds is 8. The van der Waals surface area contributed by atoms with E-state index in [1.807, 2.05) is 37.3 Å². The van der Waals surface area contributed by atoms with Crippen LogP contribution >= 0.6 is 0 Å². The van der Waals surface area contributed by atoms with Crippen molar-refractivity contribution in [2.24, 2.45) is 0 Å². The van der Waals surface area contributed by atoms with Crippen molar-refractivity contribution in [2.45, 2.75) is 55.6 Å². The summed E-state index contributed by atoms with van der Waals surface area (Å²) in [6, 6.07) is 16.2. The van der Waals surface area contributed by atoms with Gasteiger partial charge < -0.3 is 20.3 Å². The summed E-state index contributed by atoms with van der Waals surface area (Å²) >= 11 is 0. The summed E-state index contributed by atoms with van der Waals surface area (Å²) in [6.45, 7) is 2.90. The molecule has 2 heterocycles. The normalized spacial score (nSPS) is 16.3. The maximum absolute atomic E-state index is 13.1. The summed E-state index contributed by atoms with van der Waals surface area (Å²) in [7, 11) is -3.66. The average molecular weight is 698 g/mol. The highest BCUT2D eigenvalue weighted by Gasteiger charge is 2.41. The van der Waals surface area contributed by atoms with Crippen LogP contribution in [0.2, 0.25) is 0 Å². The molecule has 4 rings (SSSR count). The standard InChI is InChI=1S/C24H27N3O5S.2C2HF3O2/c1-17-13-18(21-5-2-3-6-22(21)26-17)15-32-19-7-9-20(10-8-19)33(30,31)16-24(11-4-12-25-24)14-23(28)27-29;2*3-2(4,5)1(6)7/h2-3,5-10,13,25,29H,4,11-12,14-16H2,1H3,(H,27,28);2*(H,6,7). The lowest BCUT2D eigenvalue weighted by atomic mass is 9.95. The molecule has 5 N–H and O–H groups in total. The van der Waals surface area contributed by atoms with Gasteiger partial charge in [0.05, 0.1) is 16.2 Å². The molecule has 0 aliphatic carbocycles. The Kier molecular flexibility index (Phi) is 13.1. The van der Waals surface area contributed by atoms with Crippen LogP contribution in [-0.4, -0.2) is 76.9 Å². The SMILES string of the molecule is Cc1cc(COc2ccc(S(=O)(=O)CC3(CC(=O)NO)CCCN3)cc2)c2ccccc2n1.O=C(O)C(F)(F)F.O=C(O)C(F)(F)F. The number of para-hydroxylation sites is 1. The number of sulfone groups is 1. The van der Waals surface area contributed by atoms with Gasteiger partial charge in [-0.05, 0) is 62.7 Å². The van der Waals surface area contributed by atoms with E-state index in [9.17, 15) is 39.6 Å². The molecule has 1 aromatic heterocycles. The van der Waals surface area contributed by atoms with Crippen molar-refractivity contribution in [1.82, 2.24) is 15.8 Å². The number of fused-ring (bicyclic) bond motifs is 1. The summed E-state index contributed by atoms with van der Waals surface area (Å²) in [5.41, 5.74) is 3.52. The molecule has 1 amide bonds. The lowest BCUT2D eigenvalue weighted by molar-refractivity contribution is -0.193. The fourth-order valence-electron chi connectivity index (χ4n) is 4.41. The van der Waals surface area contributed by atoms with Gasteiger partial charge in [-0.3, -0.25) is 15.0 Å². The second-order valence-corrected chi connectivity index (χ2v) is 12.1. The summed E-state index contributed by atoms with van der Waals surface area (Å²) in [5, 5.41) is 27.3. The van der Waals surface area contributed by atoms with Gasteiger partial charge in [0.1, 0.15) is 12.4 Å². The number of ether oxygens (including phenoxy) is 1. The molecule has 0 radical (unpaired) electrons. The van der Waals surface area contributed by atoms with Crippen molar-refractivity contribution in [2.75, 3.05) is 12.3 Å². The number of carbonyl (C=O) groups excluding carboxylic acids is 1. The Labute approximate surface area is 263 Å². The third kappa shape index (κ3) is 12.0. The van der Waals surface area contributed by atoms with Crippen molar-refractivity contribution in [3.05, 3.63) is 65.9 Å². The van der Waals surface area contributed by atoms with E-state index in [4.69, 9.17) is 29.7 Å². The zero-order valence-electron chi connectivity index (χ0n) is 24.4. The van der Waals surface area contributed by atoms with E-state index in [1.54, 1.807) is 17.6 Å². The van der Waals surface area contributed by atoms with E-state index in [1.165, 1.54) is 12.1 Å². The third-order valence-corrected chi connectivity index (χ3v) is 8.34. The lowest BCUT2D eigenvalue weighted by Crippen LogP contribution is -2.49. The van der Waals surface area contributed by atoms with Crippen LogP contribution in [0.4, 0.5) is 26.3 Å². The third-order valence-electron chi connectivity index (χ3n) is 6.41. The first-order valence-corrected chi connectivity index (χ1v) is 14.9. The van der Waals surface area contributed by atoms with Crippen LogP contribution in [0.3, 0.4) is 0 Å². The van der Waals surface area contributed by atoms with Crippen LogP contribution in [-0.2, 0) is 30.8 Å². The molecule has 0 spiro atoms. The first kappa shape index (κ1) is 38.7. The number of hydrogen-bond acceptors (Lipinski definition) is 9. The van der Waals surface area contributed by atoms with E-state index >= 15 is 0 Å². The molecule has 258 valence electrons. The number of aryl methyl sites for hydroxylation is 1. The molecule has 1 aliphatic rings. The molecule has 1 unspecified atom stereocenters. The minimum Gasteiger partial charge on any atom is -0.489 e. The van der Waals surface area contributed by atoms with Crippen LogP contribution in [0.5, 0.6) is 5.75 Å². The predicted molar refractivity (Wildman–Crippen MR) is 151 cm³/mol. The van der Waals surface area contributed by atoms with Gasteiger partial charge in [0.25, 0.3) is 0 Å². The van der Waals surface area contributed by atoms with Crippen molar-refractivity contribution < 1.29 is 69.3 Å². The Balaban J connectivity index is 0.000000459. The molecule has 1 fully saturated rings.